The zero-order valence-electron chi connectivity index (χ0n) is 25.1. The highest BCUT2D eigenvalue weighted by atomic mass is 79.9. The molecule has 10 heteroatoms. The fraction of sp³-hybridized carbons (Fsp3) is 0.265. The molecular weight excluding hydrogens is 644 g/mol. The highest BCUT2D eigenvalue weighted by Gasteiger charge is 2.34. The number of fused-ring (bicyclic) bond motifs is 1. The molecule has 0 aliphatic carbocycles. The van der Waals surface area contributed by atoms with Crippen LogP contribution in [-0.4, -0.2) is 30.4 Å². The molecule has 0 bridgehead atoms. The Balaban J connectivity index is 1.61. The average Bonchev–Trinajstić information content (AvgIpc) is 3.30. The Labute approximate surface area is 268 Å². The third-order valence-corrected chi connectivity index (χ3v) is 8.41. The smallest absolute Gasteiger partial charge is 0.338 e. The van der Waals surface area contributed by atoms with Crippen molar-refractivity contribution in [2.45, 2.75) is 46.4 Å². The molecule has 0 fully saturated rings. The van der Waals surface area contributed by atoms with Gasteiger partial charge in [-0.25, -0.2) is 9.79 Å². The van der Waals surface area contributed by atoms with Crippen molar-refractivity contribution in [2.75, 3.05) is 13.7 Å². The number of allylic oxidation sites excluding steroid dienone is 1. The van der Waals surface area contributed by atoms with Gasteiger partial charge in [0.1, 0.15) is 12.4 Å². The fourth-order valence-electron chi connectivity index (χ4n) is 4.93. The van der Waals surface area contributed by atoms with Gasteiger partial charge in [0.15, 0.2) is 16.3 Å². The van der Waals surface area contributed by atoms with Gasteiger partial charge in [0.05, 0.1) is 41.7 Å². The zero-order chi connectivity index (χ0) is 31.4. The van der Waals surface area contributed by atoms with Crippen molar-refractivity contribution in [3.8, 4) is 17.2 Å². The van der Waals surface area contributed by atoms with Crippen LogP contribution in [0.1, 0.15) is 50.4 Å². The van der Waals surface area contributed by atoms with Gasteiger partial charge in [-0.05, 0) is 75.2 Å². The van der Waals surface area contributed by atoms with Crippen LogP contribution in [-0.2, 0) is 16.1 Å². The molecule has 1 aliphatic rings. The highest BCUT2D eigenvalue weighted by Crippen LogP contribution is 2.36. The number of methoxy groups -OCH3 is 1. The number of aromatic nitrogens is 1. The van der Waals surface area contributed by atoms with Crippen molar-refractivity contribution in [1.82, 2.24) is 4.57 Å². The van der Waals surface area contributed by atoms with E-state index in [1.54, 1.807) is 43.7 Å². The quantitative estimate of drug-likeness (QED) is 0.193. The largest absolute Gasteiger partial charge is 0.493 e. The van der Waals surface area contributed by atoms with E-state index in [2.05, 4.69) is 20.9 Å². The summed E-state index contributed by atoms with van der Waals surface area (Å²) in [5.41, 5.74) is 2.94. The number of ether oxygens (including phenoxy) is 4. The van der Waals surface area contributed by atoms with Gasteiger partial charge in [0, 0.05) is 10.0 Å². The molecule has 1 aromatic heterocycles. The van der Waals surface area contributed by atoms with E-state index in [0.29, 0.717) is 50.0 Å². The molecule has 3 aromatic carbocycles. The Morgan fingerprint density at radius 1 is 1.07 bits per heavy atom. The summed E-state index contributed by atoms with van der Waals surface area (Å²) >= 11 is 4.71. The maximum absolute atomic E-state index is 14.1. The molecule has 1 aliphatic heterocycles. The van der Waals surface area contributed by atoms with E-state index in [4.69, 9.17) is 18.9 Å². The van der Waals surface area contributed by atoms with Crippen LogP contribution in [0.15, 0.2) is 92.3 Å². The third kappa shape index (κ3) is 6.66. The van der Waals surface area contributed by atoms with E-state index < -0.39 is 12.0 Å². The Morgan fingerprint density at radius 3 is 2.52 bits per heavy atom. The summed E-state index contributed by atoms with van der Waals surface area (Å²) in [4.78, 5) is 32.6. The lowest BCUT2D eigenvalue weighted by Crippen LogP contribution is -2.40. The predicted octanol–water partition coefficient (Wildman–Crippen LogP) is 5.94. The van der Waals surface area contributed by atoms with Gasteiger partial charge in [-0.3, -0.25) is 9.36 Å². The monoisotopic (exact) mass is 676 g/mol. The van der Waals surface area contributed by atoms with Gasteiger partial charge in [-0.2, -0.15) is 0 Å². The number of rotatable bonds is 10. The third-order valence-electron chi connectivity index (χ3n) is 6.90. The SMILES string of the molecule is CCOC(=O)C1=C(C)N=c2s/c(=C\c3ccccc3OCc3ccc(Br)cc3)c(=O)n2[C@@H]1c1ccc(OC(C)C)c(OC)c1. The Kier molecular flexibility index (Phi) is 9.71. The summed E-state index contributed by atoms with van der Waals surface area (Å²) in [5.74, 6) is 1.18. The van der Waals surface area contributed by atoms with Gasteiger partial charge in [0.2, 0.25) is 0 Å². The number of hydrogen-bond acceptors (Lipinski definition) is 8. The number of esters is 1. The van der Waals surface area contributed by atoms with Gasteiger partial charge in [-0.15, -0.1) is 0 Å². The first kappa shape index (κ1) is 31.3. The minimum atomic E-state index is -0.779. The van der Waals surface area contributed by atoms with E-state index in [9.17, 15) is 9.59 Å². The molecule has 0 spiro atoms. The lowest BCUT2D eigenvalue weighted by molar-refractivity contribution is -0.139. The van der Waals surface area contributed by atoms with Crippen LogP contribution in [0.4, 0.5) is 0 Å². The highest BCUT2D eigenvalue weighted by molar-refractivity contribution is 9.10. The summed E-state index contributed by atoms with van der Waals surface area (Å²) in [6, 6.07) is 20.1. The number of benzene rings is 3. The van der Waals surface area contributed by atoms with Gasteiger partial charge in [-0.1, -0.05) is 63.7 Å². The average molecular weight is 678 g/mol. The van der Waals surface area contributed by atoms with Gasteiger partial charge < -0.3 is 18.9 Å². The van der Waals surface area contributed by atoms with Gasteiger partial charge in [0.25, 0.3) is 5.56 Å². The minimum absolute atomic E-state index is 0.0635. The minimum Gasteiger partial charge on any atom is -0.493 e. The van der Waals surface area contributed by atoms with Gasteiger partial charge >= 0.3 is 5.97 Å². The van der Waals surface area contributed by atoms with Crippen LogP contribution in [0.25, 0.3) is 6.08 Å². The second kappa shape index (κ2) is 13.7. The van der Waals surface area contributed by atoms with Crippen LogP contribution < -0.4 is 29.1 Å². The molecule has 1 atom stereocenters. The van der Waals surface area contributed by atoms with E-state index in [0.717, 1.165) is 15.6 Å². The van der Waals surface area contributed by atoms with Crippen molar-refractivity contribution in [3.63, 3.8) is 0 Å². The van der Waals surface area contributed by atoms with Crippen molar-refractivity contribution >= 4 is 39.3 Å². The van der Waals surface area contributed by atoms with Crippen molar-refractivity contribution in [1.29, 1.82) is 0 Å². The molecule has 8 nitrogen and oxygen atoms in total. The zero-order valence-corrected chi connectivity index (χ0v) is 27.5. The number of carbonyl (C=O) groups excluding carboxylic acids is 1. The second-order valence-corrected chi connectivity index (χ2v) is 12.3. The van der Waals surface area contributed by atoms with Crippen LogP contribution in [0.5, 0.6) is 17.2 Å². The molecule has 2 heterocycles. The van der Waals surface area contributed by atoms with Crippen LogP contribution in [0, 0.1) is 0 Å². The molecule has 4 aromatic rings. The number of halogens is 1. The molecule has 0 radical (unpaired) electrons. The lowest BCUT2D eigenvalue weighted by atomic mass is 9.95. The second-order valence-electron chi connectivity index (χ2n) is 10.3. The summed E-state index contributed by atoms with van der Waals surface area (Å²) in [7, 11) is 1.56. The van der Waals surface area contributed by atoms with Crippen LogP contribution in [0.3, 0.4) is 0 Å². The fourth-order valence-corrected chi connectivity index (χ4v) is 6.23. The summed E-state index contributed by atoms with van der Waals surface area (Å²) in [5, 5.41) is 0. The topological polar surface area (TPSA) is 88.4 Å². The molecule has 0 saturated heterocycles. The number of carbonyl (C=O) groups is 1. The van der Waals surface area contributed by atoms with Crippen molar-refractivity contribution < 1.29 is 23.7 Å². The molecule has 0 unspecified atom stereocenters. The van der Waals surface area contributed by atoms with E-state index in [-0.39, 0.29) is 18.3 Å². The lowest BCUT2D eigenvalue weighted by Gasteiger charge is -2.25. The number of nitrogens with zero attached hydrogens (tertiary/aromatic N) is 2. The van der Waals surface area contributed by atoms with E-state index in [1.807, 2.05) is 68.4 Å². The molecular formula is C34H33BrN2O6S. The van der Waals surface area contributed by atoms with Crippen molar-refractivity contribution in [3.05, 3.63) is 119 Å². The molecule has 0 N–H and O–H groups in total. The Bertz CT molecular complexity index is 1890. The first-order chi connectivity index (χ1) is 21.2. The molecule has 44 heavy (non-hydrogen) atoms. The summed E-state index contributed by atoms with van der Waals surface area (Å²) in [6.45, 7) is 7.93. The Morgan fingerprint density at radius 2 is 1.82 bits per heavy atom. The standard InChI is InChI=1S/C34H33BrN2O6S/c1-6-41-33(39)30-21(4)36-34-37(31(30)24-13-16-27(43-20(2)3)28(17-24)40-5)32(38)29(44-34)18-23-9-7-8-10-26(23)42-19-22-11-14-25(35)15-12-22/h7-18,20,31H,6,19H2,1-5H3/b29-18-/t31-/m1/s1. The van der Waals surface area contributed by atoms with Crippen LogP contribution in [0.2, 0.25) is 0 Å². The predicted molar refractivity (Wildman–Crippen MR) is 174 cm³/mol. The van der Waals surface area contributed by atoms with E-state index >= 15 is 0 Å². The first-order valence-corrected chi connectivity index (χ1v) is 15.8. The normalized spacial score (nSPS) is 14.7. The summed E-state index contributed by atoms with van der Waals surface area (Å²) < 4.78 is 26.1. The number of para-hydroxylation sites is 1. The van der Waals surface area contributed by atoms with Crippen molar-refractivity contribution in [2.24, 2.45) is 4.99 Å². The van der Waals surface area contributed by atoms with E-state index in [1.165, 1.54) is 11.3 Å². The molecule has 5 rings (SSSR count). The summed E-state index contributed by atoms with van der Waals surface area (Å²) in [6.07, 6.45) is 1.74. The number of thiazole rings is 1. The maximum atomic E-state index is 14.1. The molecule has 228 valence electrons. The number of hydrogen-bond donors (Lipinski definition) is 0. The maximum Gasteiger partial charge on any atom is 0.338 e. The first-order valence-electron chi connectivity index (χ1n) is 14.2. The molecule has 0 saturated carbocycles. The Hall–Kier alpha value is -4.15. The van der Waals surface area contributed by atoms with Crippen LogP contribution >= 0.6 is 27.3 Å². The molecule has 0 amide bonds.